The molecule has 0 bridgehead atoms. The minimum Gasteiger partial charge on any atom is -0.497 e. The van der Waals surface area contributed by atoms with Crippen LogP contribution in [-0.2, 0) is 6.54 Å². The van der Waals surface area contributed by atoms with Crippen LogP contribution in [-0.4, -0.2) is 18.0 Å². The molecular weight excluding hydrogens is 326 g/mol. The van der Waals surface area contributed by atoms with Crippen LogP contribution in [0.3, 0.4) is 0 Å². The smallest absolute Gasteiger partial charge is 0.274 e. The predicted octanol–water partition coefficient (Wildman–Crippen LogP) is 4.26. The zero-order valence-electron chi connectivity index (χ0n) is 14.8. The molecule has 0 aliphatic heterocycles. The van der Waals surface area contributed by atoms with Crippen molar-refractivity contribution in [1.29, 1.82) is 0 Å². The zero-order valence-corrected chi connectivity index (χ0v) is 14.8. The Kier molecular flexibility index (Phi) is 5.49. The Morgan fingerprint density at radius 2 is 1.85 bits per heavy atom. The van der Waals surface area contributed by atoms with Crippen LogP contribution in [0.4, 0.5) is 11.4 Å². The normalized spacial score (nSPS) is 10.2. The number of carbonyl (C=O) groups is 1. The van der Waals surface area contributed by atoms with Crippen LogP contribution in [0.15, 0.2) is 66.9 Å². The van der Waals surface area contributed by atoms with Gasteiger partial charge >= 0.3 is 0 Å². The summed E-state index contributed by atoms with van der Waals surface area (Å²) in [5.74, 6) is 0.608. The number of nitrogens with one attached hydrogen (secondary N) is 2. The van der Waals surface area contributed by atoms with Gasteiger partial charge in [0.05, 0.1) is 19.0 Å². The minimum absolute atomic E-state index is 0.225. The van der Waals surface area contributed by atoms with E-state index < -0.39 is 0 Å². The Morgan fingerprint density at radius 1 is 1.04 bits per heavy atom. The molecule has 132 valence electrons. The average molecular weight is 347 g/mol. The molecule has 2 N–H and O–H groups in total. The van der Waals surface area contributed by atoms with Gasteiger partial charge in [-0.1, -0.05) is 24.3 Å². The van der Waals surface area contributed by atoms with Crippen molar-refractivity contribution in [2.75, 3.05) is 17.7 Å². The number of hydrogen-bond donors (Lipinski definition) is 2. The van der Waals surface area contributed by atoms with Crippen LogP contribution in [0, 0.1) is 6.92 Å². The Morgan fingerprint density at radius 3 is 2.50 bits per heavy atom. The van der Waals surface area contributed by atoms with Crippen molar-refractivity contribution in [3.63, 3.8) is 0 Å². The SMILES string of the molecule is COc1ccc(CNc2ccc(C(=O)Nc3cccc(C)c3)nc2)cc1. The van der Waals surface area contributed by atoms with Crippen LogP contribution >= 0.6 is 0 Å². The highest BCUT2D eigenvalue weighted by Gasteiger charge is 2.07. The molecule has 0 radical (unpaired) electrons. The molecule has 2 aromatic carbocycles. The van der Waals surface area contributed by atoms with Crippen LogP contribution in [0.2, 0.25) is 0 Å². The van der Waals surface area contributed by atoms with E-state index >= 15 is 0 Å². The average Bonchev–Trinajstić information content (AvgIpc) is 2.67. The van der Waals surface area contributed by atoms with Gasteiger partial charge in [-0.2, -0.15) is 0 Å². The van der Waals surface area contributed by atoms with E-state index in [-0.39, 0.29) is 5.91 Å². The summed E-state index contributed by atoms with van der Waals surface area (Å²) in [4.78, 5) is 16.5. The second kappa shape index (κ2) is 8.16. The van der Waals surface area contributed by atoms with Gasteiger partial charge in [-0.3, -0.25) is 4.79 Å². The second-order valence-corrected chi connectivity index (χ2v) is 5.96. The third kappa shape index (κ3) is 4.60. The highest BCUT2D eigenvalue weighted by Crippen LogP contribution is 2.14. The lowest BCUT2D eigenvalue weighted by Gasteiger charge is -2.09. The first-order valence-corrected chi connectivity index (χ1v) is 8.35. The molecule has 5 heteroatoms. The number of amides is 1. The summed E-state index contributed by atoms with van der Waals surface area (Å²) in [6.45, 7) is 2.65. The zero-order chi connectivity index (χ0) is 18.4. The number of nitrogens with zero attached hydrogens (tertiary/aromatic N) is 1. The van der Waals surface area contributed by atoms with Crippen LogP contribution in [0.5, 0.6) is 5.75 Å². The number of anilines is 2. The third-order valence-electron chi connectivity index (χ3n) is 3.93. The van der Waals surface area contributed by atoms with Crippen LogP contribution < -0.4 is 15.4 Å². The Hall–Kier alpha value is -3.34. The molecule has 0 atom stereocenters. The standard InChI is InChI=1S/C21H21N3O2/c1-15-4-3-5-17(12-15)24-21(25)20-11-8-18(14-23-20)22-13-16-6-9-19(26-2)10-7-16/h3-12,14,22H,13H2,1-2H3,(H,24,25). The number of methoxy groups -OCH3 is 1. The molecule has 0 saturated heterocycles. The first-order chi connectivity index (χ1) is 12.6. The fraction of sp³-hybridized carbons (Fsp3) is 0.143. The maximum Gasteiger partial charge on any atom is 0.274 e. The molecule has 3 aromatic rings. The Bertz CT molecular complexity index is 875. The molecule has 0 aliphatic rings. The number of benzene rings is 2. The van der Waals surface area contributed by atoms with E-state index in [1.54, 1.807) is 19.4 Å². The molecule has 0 fully saturated rings. The lowest BCUT2D eigenvalue weighted by atomic mass is 10.2. The van der Waals surface area contributed by atoms with E-state index in [9.17, 15) is 4.79 Å². The summed E-state index contributed by atoms with van der Waals surface area (Å²) in [6, 6.07) is 19.1. The quantitative estimate of drug-likeness (QED) is 0.699. The largest absolute Gasteiger partial charge is 0.497 e. The fourth-order valence-corrected chi connectivity index (χ4v) is 2.50. The number of pyridine rings is 1. The number of carbonyl (C=O) groups excluding carboxylic acids is 1. The third-order valence-corrected chi connectivity index (χ3v) is 3.93. The molecule has 5 nitrogen and oxygen atoms in total. The van der Waals surface area contributed by atoms with Gasteiger partial charge < -0.3 is 15.4 Å². The highest BCUT2D eigenvalue weighted by molar-refractivity contribution is 6.02. The lowest BCUT2D eigenvalue weighted by molar-refractivity contribution is 0.102. The molecule has 0 unspecified atom stereocenters. The van der Waals surface area contributed by atoms with Crippen LogP contribution in [0.1, 0.15) is 21.6 Å². The van der Waals surface area contributed by atoms with Crippen molar-refractivity contribution in [2.24, 2.45) is 0 Å². The summed E-state index contributed by atoms with van der Waals surface area (Å²) in [5.41, 5.74) is 4.22. The monoisotopic (exact) mass is 347 g/mol. The van der Waals surface area contributed by atoms with Crippen molar-refractivity contribution in [3.8, 4) is 5.75 Å². The van der Waals surface area contributed by atoms with Gasteiger partial charge in [-0.05, 0) is 54.4 Å². The maximum atomic E-state index is 12.3. The van der Waals surface area contributed by atoms with Crippen molar-refractivity contribution >= 4 is 17.3 Å². The first-order valence-electron chi connectivity index (χ1n) is 8.35. The predicted molar refractivity (Wildman–Crippen MR) is 104 cm³/mol. The second-order valence-electron chi connectivity index (χ2n) is 5.96. The summed E-state index contributed by atoms with van der Waals surface area (Å²) in [6.07, 6.45) is 1.66. The minimum atomic E-state index is -0.225. The number of ether oxygens (including phenoxy) is 1. The van der Waals surface area contributed by atoms with E-state index in [1.807, 2.05) is 61.5 Å². The molecule has 0 aliphatic carbocycles. The summed E-state index contributed by atoms with van der Waals surface area (Å²) in [5, 5.41) is 6.14. The number of aryl methyl sites for hydroxylation is 1. The lowest BCUT2D eigenvalue weighted by Crippen LogP contribution is -2.13. The van der Waals surface area contributed by atoms with Gasteiger partial charge in [0.1, 0.15) is 11.4 Å². The van der Waals surface area contributed by atoms with Gasteiger partial charge in [0.15, 0.2) is 0 Å². The van der Waals surface area contributed by atoms with Gasteiger partial charge in [0.25, 0.3) is 5.91 Å². The topological polar surface area (TPSA) is 63.2 Å². The maximum absolute atomic E-state index is 12.3. The molecule has 0 spiro atoms. The molecule has 1 aromatic heterocycles. The fourth-order valence-electron chi connectivity index (χ4n) is 2.50. The van der Waals surface area contributed by atoms with Crippen molar-refractivity contribution < 1.29 is 9.53 Å². The van der Waals surface area contributed by atoms with E-state index in [4.69, 9.17) is 4.74 Å². The number of hydrogen-bond acceptors (Lipinski definition) is 4. The molecule has 26 heavy (non-hydrogen) atoms. The molecule has 0 saturated carbocycles. The summed E-state index contributed by atoms with van der Waals surface area (Å²) < 4.78 is 5.15. The summed E-state index contributed by atoms with van der Waals surface area (Å²) >= 11 is 0. The summed E-state index contributed by atoms with van der Waals surface area (Å²) in [7, 11) is 1.65. The first kappa shape index (κ1) is 17.5. The van der Waals surface area contributed by atoms with E-state index in [0.717, 1.165) is 28.3 Å². The Balaban J connectivity index is 1.57. The molecule has 3 rings (SSSR count). The van der Waals surface area contributed by atoms with Gasteiger partial charge in [-0.25, -0.2) is 4.98 Å². The number of aromatic nitrogens is 1. The van der Waals surface area contributed by atoms with Crippen molar-refractivity contribution in [3.05, 3.63) is 83.7 Å². The van der Waals surface area contributed by atoms with E-state index in [1.165, 1.54) is 0 Å². The van der Waals surface area contributed by atoms with E-state index in [2.05, 4.69) is 15.6 Å². The molecular formula is C21H21N3O2. The number of rotatable bonds is 6. The van der Waals surface area contributed by atoms with Crippen molar-refractivity contribution in [2.45, 2.75) is 13.5 Å². The molecule has 1 amide bonds. The van der Waals surface area contributed by atoms with Gasteiger partial charge in [-0.15, -0.1) is 0 Å². The Labute approximate surface area is 153 Å². The molecule has 1 heterocycles. The highest BCUT2D eigenvalue weighted by atomic mass is 16.5. The van der Waals surface area contributed by atoms with Gasteiger partial charge in [0, 0.05) is 12.2 Å². The van der Waals surface area contributed by atoms with Crippen molar-refractivity contribution in [1.82, 2.24) is 4.98 Å². The van der Waals surface area contributed by atoms with E-state index in [0.29, 0.717) is 12.2 Å². The van der Waals surface area contributed by atoms with Crippen LogP contribution in [0.25, 0.3) is 0 Å². The van der Waals surface area contributed by atoms with Gasteiger partial charge in [0.2, 0.25) is 0 Å².